The van der Waals surface area contributed by atoms with Gasteiger partial charge in [0, 0.05) is 70.6 Å². The number of aromatic nitrogens is 3. The normalized spacial score (nSPS) is 12.2. The Morgan fingerprint density at radius 3 is 1.62 bits per heavy atom. The van der Waals surface area contributed by atoms with Gasteiger partial charge in [-0.1, -0.05) is 24.3 Å². The summed E-state index contributed by atoms with van der Waals surface area (Å²) in [6.45, 7) is 6.89. The van der Waals surface area contributed by atoms with E-state index in [0.29, 0.717) is 0 Å². The van der Waals surface area contributed by atoms with Gasteiger partial charge in [-0.15, -0.1) is 0 Å². The molecule has 3 heterocycles. The zero-order valence-electron chi connectivity index (χ0n) is 19.0. The highest BCUT2D eigenvalue weighted by atomic mass is 15.2. The monoisotopic (exact) mass is 428 g/mol. The number of pyridine rings is 3. The van der Waals surface area contributed by atoms with Gasteiger partial charge < -0.3 is 0 Å². The number of hydrogen-bond acceptors (Lipinski definition) is 6. The highest BCUT2D eigenvalue weighted by Crippen LogP contribution is 2.09. The Morgan fingerprint density at radius 2 is 1.22 bits per heavy atom. The number of rotatable bonds is 12. The molecule has 6 nitrogen and oxygen atoms in total. The van der Waals surface area contributed by atoms with E-state index in [9.17, 15) is 0 Å². The van der Waals surface area contributed by atoms with Crippen molar-refractivity contribution in [1.29, 1.82) is 0 Å². The van der Waals surface area contributed by atoms with E-state index >= 15 is 0 Å². The molecule has 0 aliphatic rings. The Kier molecular flexibility index (Phi) is 9.71. The van der Waals surface area contributed by atoms with E-state index in [-0.39, 0.29) is 0 Å². The van der Waals surface area contributed by atoms with Gasteiger partial charge in [-0.2, -0.15) is 0 Å². The molecule has 0 aliphatic carbocycles. The van der Waals surface area contributed by atoms with Crippen LogP contribution in [0.1, 0.15) is 24.0 Å². The van der Waals surface area contributed by atoms with Crippen LogP contribution in [0.15, 0.2) is 90.3 Å². The van der Waals surface area contributed by atoms with Crippen molar-refractivity contribution < 1.29 is 0 Å². The quantitative estimate of drug-likeness (QED) is 0.408. The molecule has 0 radical (unpaired) electrons. The molecule has 0 N–H and O–H groups in total. The fourth-order valence-electron chi connectivity index (χ4n) is 3.49. The van der Waals surface area contributed by atoms with Crippen molar-refractivity contribution >= 4 is 5.71 Å². The highest BCUT2D eigenvalue weighted by molar-refractivity contribution is 5.96. The first-order chi connectivity index (χ1) is 15.8. The van der Waals surface area contributed by atoms with Crippen LogP contribution in [0.25, 0.3) is 0 Å². The first-order valence-corrected chi connectivity index (χ1v) is 11.0. The summed E-state index contributed by atoms with van der Waals surface area (Å²) in [5.74, 6) is 0. The Morgan fingerprint density at radius 1 is 0.750 bits per heavy atom. The Hall–Kier alpha value is -3.22. The molecule has 3 aromatic heterocycles. The maximum atomic E-state index is 4.53. The van der Waals surface area contributed by atoms with Gasteiger partial charge in [0.15, 0.2) is 0 Å². The summed E-state index contributed by atoms with van der Waals surface area (Å²) in [5, 5.41) is 0. The summed E-state index contributed by atoms with van der Waals surface area (Å²) in [7, 11) is 1.85. The molecule has 3 rings (SSSR count). The fourth-order valence-corrected chi connectivity index (χ4v) is 3.49. The molecule has 0 spiro atoms. The lowest BCUT2D eigenvalue weighted by Crippen LogP contribution is -2.37. The lowest BCUT2D eigenvalue weighted by Gasteiger charge is -2.27. The van der Waals surface area contributed by atoms with Crippen molar-refractivity contribution in [1.82, 2.24) is 24.8 Å². The van der Waals surface area contributed by atoms with Crippen molar-refractivity contribution in [2.45, 2.75) is 26.6 Å². The molecule has 0 saturated carbocycles. The summed E-state index contributed by atoms with van der Waals surface area (Å²) in [6, 6.07) is 18.2. The van der Waals surface area contributed by atoms with Gasteiger partial charge in [-0.25, -0.2) is 0 Å². The molecule has 0 fully saturated rings. The predicted molar refractivity (Wildman–Crippen MR) is 130 cm³/mol. The van der Waals surface area contributed by atoms with Gasteiger partial charge in [0.05, 0.1) is 17.1 Å². The Bertz CT molecular complexity index is 916. The minimum atomic E-state index is 0.776. The summed E-state index contributed by atoms with van der Waals surface area (Å²) in [5.41, 5.74) is 4.24. The second kappa shape index (κ2) is 13.2. The molecule has 32 heavy (non-hydrogen) atoms. The molecule has 3 aromatic rings. The minimum Gasteiger partial charge on any atom is -0.292 e. The SMILES string of the molecule is C/C=C\C(CN(CCN(Cc1ccccn1)Cc1ccccn1)Cc1ccccn1)=NC. The highest BCUT2D eigenvalue weighted by Gasteiger charge is 2.14. The van der Waals surface area contributed by atoms with Crippen LogP contribution in [-0.2, 0) is 19.6 Å². The smallest absolute Gasteiger partial charge is 0.0544 e. The average molecular weight is 429 g/mol. The predicted octanol–water partition coefficient (Wildman–Crippen LogP) is 4.02. The number of aliphatic imine (C=N–C) groups is 1. The summed E-state index contributed by atoms with van der Waals surface area (Å²) in [4.78, 5) is 22.8. The molecule has 0 amide bonds. The van der Waals surface area contributed by atoms with Crippen LogP contribution in [-0.4, -0.2) is 57.1 Å². The molecule has 6 heteroatoms. The van der Waals surface area contributed by atoms with Crippen LogP contribution in [0.3, 0.4) is 0 Å². The van der Waals surface area contributed by atoms with Crippen LogP contribution in [0.2, 0.25) is 0 Å². The first-order valence-electron chi connectivity index (χ1n) is 11.0. The van der Waals surface area contributed by atoms with Gasteiger partial charge in [0.1, 0.15) is 0 Å². The van der Waals surface area contributed by atoms with Gasteiger partial charge in [-0.05, 0) is 49.4 Å². The van der Waals surface area contributed by atoms with Gasteiger partial charge in [0.25, 0.3) is 0 Å². The largest absolute Gasteiger partial charge is 0.292 e. The van der Waals surface area contributed by atoms with E-state index < -0.39 is 0 Å². The van der Waals surface area contributed by atoms with Crippen LogP contribution >= 0.6 is 0 Å². The molecular formula is C26H32N6. The van der Waals surface area contributed by atoms with E-state index in [1.54, 1.807) is 0 Å². The van der Waals surface area contributed by atoms with E-state index in [1.165, 1.54) is 0 Å². The van der Waals surface area contributed by atoms with E-state index in [0.717, 1.165) is 62.1 Å². The van der Waals surface area contributed by atoms with E-state index in [2.05, 4.69) is 54.0 Å². The molecule has 0 aliphatic heterocycles. The first kappa shape index (κ1) is 23.4. The molecule has 0 bridgehead atoms. The maximum absolute atomic E-state index is 4.53. The second-order valence-electron chi connectivity index (χ2n) is 7.60. The van der Waals surface area contributed by atoms with E-state index in [4.69, 9.17) is 0 Å². The lowest BCUT2D eigenvalue weighted by molar-refractivity contribution is 0.197. The molecular weight excluding hydrogens is 396 g/mol. The molecule has 0 saturated heterocycles. The zero-order chi connectivity index (χ0) is 22.4. The van der Waals surface area contributed by atoms with Gasteiger partial charge in [0.2, 0.25) is 0 Å². The fraction of sp³-hybridized carbons (Fsp3) is 0.308. The van der Waals surface area contributed by atoms with Crippen molar-refractivity contribution in [3.05, 3.63) is 102 Å². The van der Waals surface area contributed by atoms with Crippen molar-refractivity contribution in [3.63, 3.8) is 0 Å². The zero-order valence-corrected chi connectivity index (χ0v) is 19.0. The van der Waals surface area contributed by atoms with Crippen molar-refractivity contribution in [2.24, 2.45) is 4.99 Å². The average Bonchev–Trinajstić information content (AvgIpc) is 2.84. The maximum Gasteiger partial charge on any atom is 0.0544 e. The van der Waals surface area contributed by atoms with Gasteiger partial charge >= 0.3 is 0 Å². The Labute approximate surface area is 191 Å². The molecule has 0 atom stereocenters. The minimum absolute atomic E-state index is 0.776. The molecule has 0 unspecified atom stereocenters. The topological polar surface area (TPSA) is 57.5 Å². The van der Waals surface area contributed by atoms with Crippen LogP contribution in [0, 0.1) is 0 Å². The van der Waals surface area contributed by atoms with E-state index in [1.807, 2.05) is 75.0 Å². The van der Waals surface area contributed by atoms with Crippen molar-refractivity contribution in [2.75, 3.05) is 26.7 Å². The third-order valence-corrected chi connectivity index (χ3v) is 5.10. The summed E-state index contributed by atoms with van der Waals surface area (Å²) in [6.07, 6.45) is 9.66. The van der Waals surface area contributed by atoms with Crippen molar-refractivity contribution in [3.8, 4) is 0 Å². The Balaban J connectivity index is 1.72. The molecule has 0 aromatic carbocycles. The summed E-state index contributed by atoms with van der Waals surface area (Å²) >= 11 is 0. The van der Waals surface area contributed by atoms with Gasteiger partial charge in [-0.3, -0.25) is 29.7 Å². The number of nitrogens with zero attached hydrogens (tertiary/aromatic N) is 6. The standard InChI is InChI=1S/C26H32N6/c1-3-10-23(27-2)19-31(20-24-11-4-7-14-28-24)17-18-32(21-25-12-5-8-15-29-25)22-26-13-6-9-16-30-26/h3-16H,17-22H2,1-2H3/b10-3-,27-23?. The van der Waals surface area contributed by atoms with Crippen LogP contribution in [0.5, 0.6) is 0 Å². The van der Waals surface area contributed by atoms with Crippen LogP contribution < -0.4 is 0 Å². The third kappa shape index (κ3) is 8.13. The summed E-state index contributed by atoms with van der Waals surface area (Å²) < 4.78 is 0. The third-order valence-electron chi connectivity index (χ3n) is 5.10. The number of hydrogen-bond donors (Lipinski definition) is 0. The second-order valence-corrected chi connectivity index (χ2v) is 7.60. The number of allylic oxidation sites excluding steroid dienone is 1. The van der Waals surface area contributed by atoms with Crippen LogP contribution in [0.4, 0.5) is 0 Å². The molecule has 166 valence electrons. The lowest BCUT2D eigenvalue weighted by atomic mass is 10.2.